The van der Waals surface area contributed by atoms with E-state index < -0.39 is 50.1 Å². The third-order valence-electron chi connectivity index (χ3n) is 8.18. The van der Waals surface area contributed by atoms with Crippen molar-refractivity contribution in [1.82, 2.24) is 0 Å². The van der Waals surface area contributed by atoms with Crippen LogP contribution in [-0.4, -0.2) is 70.5 Å². The summed E-state index contributed by atoms with van der Waals surface area (Å²) in [5, 5.41) is 37.1. The molecule has 5 aromatic carbocycles. The van der Waals surface area contributed by atoms with Gasteiger partial charge in [0.25, 0.3) is 0 Å². The van der Waals surface area contributed by atoms with E-state index in [4.69, 9.17) is 0 Å². The lowest BCUT2D eigenvalue weighted by Gasteiger charge is -2.20. The summed E-state index contributed by atoms with van der Waals surface area (Å²) >= 11 is 0. The molecule has 0 aliphatic rings. The largest absolute Gasteiger partial charge is 0.480 e. The first-order valence-electron chi connectivity index (χ1n) is 17.3. The highest BCUT2D eigenvalue weighted by molar-refractivity contribution is 5.83. The van der Waals surface area contributed by atoms with Crippen LogP contribution in [0.1, 0.15) is 44.5 Å². The topological polar surface area (TPSA) is 156 Å². The molecule has 10 heteroatoms. The molecule has 0 aromatic heterocycles. The quantitative estimate of drug-likeness (QED) is 0.0707. The van der Waals surface area contributed by atoms with Gasteiger partial charge in [0.1, 0.15) is 26.2 Å². The predicted octanol–water partition coefficient (Wildman–Crippen LogP) is 6.78. The van der Waals surface area contributed by atoms with Gasteiger partial charge < -0.3 is 30.2 Å². The van der Waals surface area contributed by atoms with Gasteiger partial charge in [0.05, 0.1) is 0 Å². The monoisotopic (exact) mass is 744 g/mol. The summed E-state index contributed by atoms with van der Waals surface area (Å²) in [7, 11) is 0. The third-order valence-corrected chi connectivity index (χ3v) is 8.18. The number of rotatable bonds is 14. The van der Waals surface area contributed by atoms with E-state index in [1.807, 2.05) is 97.1 Å². The number of carboxylic acid groups (broad SMARTS) is 4. The van der Waals surface area contributed by atoms with Crippen molar-refractivity contribution in [1.29, 1.82) is 0 Å². The van der Waals surface area contributed by atoms with Crippen molar-refractivity contribution >= 4 is 59.6 Å². The van der Waals surface area contributed by atoms with Crippen LogP contribution >= 0.6 is 0 Å². The van der Waals surface area contributed by atoms with E-state index in [9.17, 15) is 39.6 Å². The van der Waals surface area contributed by atoms with Crippen molar-refractivity contribution in [2.75, 3.05) is 36.0 Å². The van der Waals surface area contributed by atoms with E-state index in [1.165, 1.54) is 9.80 Å². The molecule has 278 valence electrons. The van der Waals surface area contributed by atoms with Gasteiger partial charge in [-0.2, -0.15) is 0 Å². The summed E-state index contributed by atoms with van der Waals surface area (Å²) in [6.45, 7) is -1.83. The number of hydrogen-bond acceptors (Lipinski definition) is 6. The smallest absolute Gasteiger partial charge is 0.323 e. The molecule has 0 amide bonds. The highest BCUT2D eigenvalue weighted by Gasteiger charge is 2.15. The van der Waals surface area contributed by atoms with E-state index in [2.05, 4.69) is 23.7 Å². The Morgan fingerprint density at radius 2 is 0.750 bits per heavy atom. The highest BCUT2D eigenvalue weighted by atomic mass is 16.4. The molecular weight excluding hydrogens is 709 g/mol. The van der Waals surface area contributed by atoms with Crippen LogP contribution in [0.25, 0.3) is 24.3 Å². The molecule has 0 saturated heterocycles. The van der Waals surface area contributed by atoms with Gasteiger partial charge in [-0.15, -0.1) is 0 Å². The first-order chi connectivity index (χ1) is 27.0. The first-order valence-corrected chi connectivity index (χ1v) is 17.3. The van der Waals surface area contributed by atoms with Crippen LogP contribution in [0.15, 0.2) is 121 Å². The maximum absolute atomic E-state index is 11.3. The molecule has 0 aliphatic heterocycles. The molecule has 5 rings (SSSR count). The molecule has 10 nitrogen and oxygen atoms in total. The van der Waals surface area contributed by atoms with E-state index >= 15 is 0 Å². The minimum absolute atomic E-state index is 0.456. The molecular formula is C46H36N2O8. The summed E-state index contributed by atoms with van der Waals surface area (Å²) < 4.78 is 0. The van der Waals surface area contributed by atoms with Crippen molar-refractivity contribution in [2.45, 2.75) is 0 Å². The zero-order valence-electron chi connectivity index (χ0n) is 30.0. The Morgan fingerprint density at radius 1 is 0.429 bits per heavy atom. The first kappa shape index (κ1) is 39.4. The minimum atomic E-state index is -1.14. The molecule has 0 heterocycles. The molecule has 0 spiro atoms. The van der Waals surface area contributed by atoms with E-state index in [-0.39, 0.29) is 0 Å². The summed E-state index contributed by atoms with van der Waals surface area (Å²) in [6.07, 6.45) is 7.59. The lowest BCUT2D eigenvalue weighted by molar-refractivity contribution is -0.138. The molecule has 0 atom stereocenters. The zero-order chi connectivity index (χ0) is 39.9. The van der Waals surface area contributed by atoms with Crippen molar-refractivity contribution in [2.24, 2.45) is 0 Å². The number of carbonyl (C=O) groups is 4. The van der Waals surface area contributed by atoms with Crippen molar-refractivity contribution in [3.05, 3.63) is 166 Å². The Hall–Kier alpha value is -7.82. The van der Waals surface area contributed by atoms with Crippen LogP contribution in [0.3, 0.4) is 0 Å². The summed E-state index contributed by atoms with van der Waals surface area (Å²) in [4.78, 5) is 47.9. The van der Waals surface area contributed by atoms with Gasteiger partial charge in [-0.1, -0.05) is 109 Å². The standard InChI is InChI=1S/C46H36N2O8/c49-43(50)29-47(30-44(51)52)41-23-15-35(16-24-41)13-21-39-28-38(20-12-34-9-5-2-6-10-34)40(27-37(39)19-11-33-7-3-1-4-8-33)22-14-36-17-25-42(26-18-36)48(31-45(53)54)32-46(55)56/h1-10,13-18,21-28H,29-32H2,(H,49,50)(H,51,52)(H,53,54)(H,55,56)/b21-13+,22-14+. The van der Waals surface area contributed by atoms with Gasteiger partial charge in [0.15, 0.2) is 0 Å². The molecule has 0 bridgehead atoms. The van der Waals surface area contributed by atoms with Gasteiger partial charge in [-0.25, -0.2) is 0 Å². The lowest BCUT2D eigenvalue weighted by Crippen LogP contribution is -2.34. The van der Waals surface area contributed by atoms with Crippen LogP contribution in [0.2, 0.25) is 0 Å². The second kappa shape index (κ2) is 19.3. The molecule has 4 N–H and O–H groups in total. The van der Waals surface area contributed by atoms with Crippen LogP contribution in [-0.2, 0) is 19.2 Å². The van der Waals surface area contributed by atoms with Crippen molar-refractivity contribution < 1.29 is 39.6 Å². The number of anilines is 2. The fourth-order valence-corrected chi connectivity index (χ4v) is 5.54. The summed E-state index contributed by atoms with van der Waals surface area (Å²) in [5.41, 5.74) is 7.16. The molecule has 0 unspecified atom stereocenters. The van der Waals surface area contributed by atoms with Crippen LogP contribution in [0, 0.1) is 23.7 Å². The van der Waals surface area contributed by atoms with Gasteiger partial charge >= 0.3 is 23.9 Å². The normalized spacial score (nSPS) is 10.6. The number of carboxylic acids is 4. The Bertz CT molecular complexity index is 2180. The Labute approximate surface area is 323 Å². The average Bonchev–Trinajstić information content (AvgIpc) is 3.18. The third kappa shape index (κ3) is 12.1. The molecule has 5 aromatic rings. The Morgan fingerprint density at radius 3 is 1.05 bits per heavy atom. The average molecular weight is 745 g/mol. The number of nitrogens with zero attached hydrogens (tertiary/aromatic N) is 2. The van der Waals surface area contributed by atoms with Crippen molar-refractivity contribution in [3.8, 4) is 23.7 Å². The number of benzene rings is 5. The van der Waals surface area contributed by atoms with Crippen molar-refractivity contribution in [3.63, 3.8) is 0 Å². The summed E-state index contributed by atoms with van der Waals surface area (Å²) in [5.74, 6) is 8.55. The Balaban J connectivity index is 1.55. The van der Waals surface area contributed by atoms with Gasteiger partial charge in [0.2, 0.25) is 0 Å². The lowest BCUT2D eigenvalue weighted by atomic mass is 9.96. The molecule has 56 heavy (non-hydrogen) atoms. The molecule has 0 aliphatic carbocycles. The SMILES string of the molecule is O=C(O)CN(CC(=O)O)c1ccc(/C=C/c2cc(C#Cc3ccccc3)c(/C=C/c3ccc(N(CC(=O)O)CC(=O)O)cc3)cc2C#Cc2ccccc2)cc1. The highest BCUT2D eigenvalue weighted by Crippen LogP contribution is 2.24. The van der Waals surface area contributed by atoms with Gasteiger partial charge in [-0.3, -0.25) is 19.2 Å². The second-order valence-corrected chi connectivity index (χ2v) is 12.4. The molecule has 0 radical (unpaired) electrons. The molecule has 0 saturated carbocycles. The summed E-state index contributed by atoms with van der Waals surface area (Å²) in [6, 6.07) is 36.9. The fraction of sp³-hybridized carbons (Fsp3) is 0.0870. The van der Waals surface area contributed by atoms with Crippen LogP contribution < -0.4 is 9.80 Å². The fourth-order valence-electron chi connectivity index (χ4n) is 5.54. The van der Waals surface area contributed by atoms with E-state index in [1.54, 1.807) is 48.5 Å². The van der Waals surface area contributed by atoms with Gasteiger partial charge in [0, 0.05) is 33.6 Å². The van der Waals surface area contributed by atoms with E-state index in [0.29, 0.717) is 22.5 Å². The number of aliphatic carboxylic acids is 4. The predicted molar refractivity (Wildman–Crippen MR) is 217 cm³/mol. The Kier molecular flexibility index (Phi) is 13.6. The maximum Gasteiger partial charge on any atom is 0.323 e. The van der Waals surface area contributed by atoms with Crippen LogP contribution in [0.4, 0.5) is 11.4 Å². The van der Waals surface area contributed by atoms with Crippen LogP contribution in [0.5, 0.6) is 0 Å². The number of hydrogen-bond donors (Lipinski definition) is 4. The zero-order valence-corrected chi connectivity index (χ0v) is 30.0. The van der Waals surface area contributed by atoms with E-state index in [0.717, 1.165) is 33.4 Å². The second-order valence-electron chi connectivity index (χ2n) is 12.4. The minimum Gasteiger partial charge on any atom is -0.480 e. The molecule has 0 fully saturated rings. The van der Waals surface area contributed by atoms with Gasteiger partial charge in [-0.05, 0) is 82.9 Å². The maximum atomic E-state index is 11.3.